The number of aromatic nitrogens is 2. The zero-order chi connectivity index (χ0) is 20.1. The Bertz CT molecular complexity index is 999. The molecule has 7 heteroatoms. The number of hydrogen-bond donors (Lipinski definition) is 2. The standard InChI is InChI=1S/C21H22N4O2S/c1-14-17(15(2)25(24-14)16-8-4-3-5-9-16)12-21(27)23-18-10-6-7-11-19(18)28-13-20(22)26/h3-11H,12-13H2,1-2H3,(H2,22,26)(H,23,27). The van der Waals surface area contributed by atoms with Gasteiger partial charge in [-0.25, -0.2) is 4.68 Å². The van der Waals surface area contributed by atoms with Gasteiger partial charge in [0.15, 0.2) is 0 Å². The van der Waals surface area contributed by atoms with E-state index in [1.54, 1.807) is 0 Å². The van der Waals surface area contributed by atoms with Crippen LogP contribution in [-0.2, 0) is 16.0 Å². The van der Waals surface area contributed by atoms with E-state index in [1.165, 1.54) is 11.8 Å². The van der Waals surface area contributed by atoms with Crippen LogP contribution >= 0.6 is 11.8 Å². The minimum Gasteiger partial charge on any atom is -0.369 e. The fraction of sp³-hybridized carbons (Fsp3) is 0.190. The third-order valence-corrected chi connectivity index (χ3v) is 5.41. The molecule has 1 heterocycles. The predicted molar refractivity (Wildman–Crippen MR) is 112 cm³/mol. The van der Waals surface area contributed by atoms with Crippen LogP contribution in [-0.4, -0.2) is 27.3 Å². The number of aryl methyl sites for hydroxylation is 1. The summed E-state index contributed by atoms with van der Waals surface area (Å²) in [5.41, 5.74) is 9.53. The molecule has 3 N–H and O–H groups in total. The number of benzene rings is 2. The number of primary amides is 1. The maximum Gasteiger partial charge on any atom is 0.228 e. The van der Waals surface area contributed by atoms with Crippen LogP contribution in [0.25, 0.3) is 5.69 Å². The first kappa shape index (κ1) is 19.7. The van der Waals surface area contributed by atoms with Crippen LogP contribution in [0.4, 0.5) is 5.69 Å². The Morgan fingerprint density at radius 2 is 1.75 bits per heavy atom. The van der Waals surface area contributed by atoms with Gasteiger partial charge >= 0.3 is 0 Å². The summed E-state index contributed by atoms with van der Waals surface area (Å²) in [4.78, 5) is 24.5. The van der Waals surface area contributed by atoms with E-state index in [9.17, 15) is 9.59 Å². The quantitative estimate of drug-likeness (QED) is 0.602. The molecule has 0 atom stereocenters. The molecule has 28 heavy (non-hydrogen) atoms. The van der Waals surface area contributed by atoms with E-state index in [2.05, 4.69) is 10.4 Å². The Kier molecular flexibility index (Phi) is 6.16. The molecule has 0 aliphatic carbocycles. The summed E-state index contributed by atoms with van der Waals surface area (Å²) < 4.78 is 1.86. The van der Waals surface area contributed by atoms with Gasteiger partial charge in [-0.15, -0.1) is 11.8 Å². The van der Waals surface area contributed by atoms with Crippen molar-refractivity contribution in [3.05, 3.63) is 71.5 Å². The number of rotatable bonds is 7. The predicted octanol–water partition coefficient (Wildman–Crippen LogP) is 3.25. The summed E-state index contributed by atoms with van der Waals surface area (Å²) in [6.07, 6.45) is 0.222. The molecule has 0 radical (unpaired) electrons. The van der Waals surface area contributed by atoms with Gasteiger partial charge in [-0.2, -0.15) is 5.10 Å². The van der Waals surface area contributed by atoms with E-state index < -0.39 is 5.91 Å². The Morgan fingerprint density at radius 3 is 2.46 bits per heavy atom. The van der Waals surface area contributed by atoms with Crippen molar-refractivity contribution in [2.75, 3.05) is 11.1 Å². The van der Waals surface area contributed by atoms with Crippen LogP contribution in [0.3, 0.4) is 0 Å². The summed E-state index contributed by atoms with van der Waals surface area (Å²) in [7, 11) is 0. The lowest BCUT2D eigenvalue weighted by atomic mass is 10.1. The second-order valence-electron chi connectivity index (χ2n) is 6.37. The van der Waals surface area contributed by atoms with Gasteiger partial charge in [0.05, 0.1) is 29.2 Å². The highest BCUT2D eigenvalue weighted by Crippen LogP contribution is 2.27. The van der Waals surface area contributed by atoms with Gasteiger partial charge in [0.2, 0.25) is 11.8 Å². The van der Waals surface area contributed by atoms with Crippen LogP contribution in [0.2, 0.25) is 0 Å². The fourth-order valence-electron chi connectivity index (χ4n) is 2.95. The molecule has 0 spiro atoms. The van der Waals surface area contributed by atoms with Crippen molar-refractivity contribution in [1.29, 1.82) is 0 Å². The molecule has 2 aromatic carbocycles. The van der Waals surface area contributed by atoms with Crippen molar-refractivity contribution in [2.45, 2.75) is 25.2 Å². The van der Waals surface area contributed by atoms with Gasteiger partial charge in [0.25, 0.3) is 0 Å². The van der Waals surface area contributed by atoms with Gasteiger partial charge < -0.3 is 11.1 Å². The van der Waals surface area contributed by atoms with Crippen molar-refractivity contribution in [3.63, 3.8) is 0 Å². The van der Waals surface area contributed by atoms with E-state index in [0.29, 0.717) is 5.69 Å². The van der Waals surface area contributed by atoms with Crippen LogP contribution in [0.5, 0.6) is 0 Å². The number of amides is 2. The maximum atomic E-state index is 12.7. The summed E-state index contributed by atoms with van der Waals surface area (Å²) in [5, 5.41) is 7.53. The third-order valence-electron chi connectivity index (χ3n) is 4.31. The SMILES string of the molecule is Cc1nn(-c2ccccc2)c(C)c1CC(=O)Nc1ccccc1SCC(N)=O. The molecular weight excluding hydrogens is 372 g/mol. The molecule has 1 aromatic heterocycles. The average molecular weight is 395 g/mol. The maximum absolute atomic E-state index is 12.7. The summed E-state index contributed by atoms with van der Waals surface area (Å²) in [6.45, 7) is 3.87. The van der Waals surface area contributed by atoms with Gasteiger partial charge in [0, 0.05) is 16.2 Å². The Labute approximate surface area is 168 Å². The van der Waals surface area contributed by atoms with Crippen molar-refractivity contribution < 1.29 is 9.59 Å². The Morgan fingerprint density at radius 1 is 1.07 bits per heavy atom. The fourth-order valence-corrected chi connectivity index (χ4v) is 3.70. The number of nitrogens with one attached hydrogen (secondary N) is 1. The molecule has 3 aromatic rings. The molecule has 0 fully saturated rings. The average Bonchev–Trinajstić information content (AvgIpc) is 2.96. The number of para-hydroxylation sites is 2. The molecule has 0 saturated carbocycles. The van der Waals surface area contributed by atoms with Crippen molar-refractivity contribution in [3.8, 4) is 5.69 Å². The summed E-state index contributed by atoms with van der Waals surface area (Å²) >= 11 is 1.31. The number of nitrogens with two attached hydrogens (primary N) is 1. The minimum atomic E-state index is -0.397. The van der Waals surface area contributed by atoms with E-state index in [-0.39, 0.29) is 18.1 Å². The van der Waals surface area contributed by atoms with Crippen LogP contribution in [0, 0.1) is 13.8 Å². The highest BCUT2D eigenvalue weighted by Gasteiger charge is 2.17. The number of hydrogen-bond acceptors (Lipinski definition) is 4. The van der Waals surface area contributed by atoms with Gasteiger partial charge in [-0.05, 0) is 38.1 Å². The first-order valence-corrected chi connectivity index (χ1v) is 9.84. The van der Waals surface area contributed by atoms with Gasteiger partial charge in [0.1, 0.15) is 0 Å². The lowest BCUT2D eigenvalue weighted by Gasteiger charge is -2.10. The largest absolute Gasteiger partial charge is 0.369 e. The van der Waals surface area contributed by atoms with Crippen molar-refractivity contribution >= 4 is 29.3 Å². The van der Waals surface area contributed by atoms with Crippen molar-refractivity contribution in [1.82, 2.24) is 9.78 Å². The van der Waals surface area contributed by atoms with Crippen LogP contribution in [0.15, 0.2) is 59.5 Å². The third kappa shape index (κ3) is 4.61. The zero-order valence-corrected chi connectivity index (χ0v) is 16.6. The molecule has 3 rings (SSSR count). The molecule has 0 aliphatic heterocycles. The highest BCUT2D eigenvalue weighted by molar-refractivity contribution is 8.00. The topological polar surface area (TPSA) is 90.0 Å². The first-order chi connectivity index (χ1) is 13.5. The second kappa shape index (κ2) is 8.75. The number of carbonyl (C=O) groups excluding carboxylic acids is 2. The molecule has 144 valence electrons. The smallest absolute Gasteiger partial charge is 0.228 e. The number of nitrogens with zero attached hydrogens (tertiary/aromatic N) is 2. The molecule has 2 amide bonds. The van der Waals surface area contributed by atoms with E-state index in [4.69, 9.17) is 5.73 Å². The summed E-state index contributed by atoms with van der Waals surface area (Å²) in [5.74, 6) is -0.369. The number of anilines is 1. The van der Waals surface area contributed by atoms with Crippen LogP contribution < -0.4 is 11.1 Å². The molecular formula is C21H22N4O2S. The summed E-state index contributed by atoms with van der Waals surface area (Å²) in [6, 6.07) is 17.2. The zero-order valence-electron chi connectivity index (χ0n) is 15.8. The minimum absolute atomic E-state index is 0.133. The highest BCUT2D eigenvalue weighted by atomic mass is 32.2. The van der Waals surface area contributed by atoms with Crippen molar-refractivity contribution in [2.24, 2.45) is 5.73 Å². The Balaban J connectivity index is 1.76. The first-order valence-electron chi connectivity index (χ1n) is 8.86. The van der Waals surface area contributed by atoms with Gasteiger partial charge in [-0.1, -0.05) is 30.3 Å². The van der Waals surface area contributed by atoms with E-state index in [1.807, 2.05) is 73.1 Å². The Hall–Kier alpha value is -3.06. The lowest BCUT2D eigenvalue weighted by Crippen LogP contribution is -2.16. The number of thioether (sulfide) groups is 1. The lowest BCUT2D eigenvalue weighted by molar-refractivity contribution is -0.116. The number of carbonyl (C=O) groups is 2. The molecule has 0 unspecified atom stereocenters. The monoisotopic (exact) mass is 394 g/mol. The van der Waals surface area contributed by atoms with E-state index >= 15 is 0 Å². The molecule has 0 aliphatic rings. The molecule has 0 bridgehead atoms. The van der Waals surface area contributed by atoms with Gasteiger partial charge in [-0.3, -0.25) is 9.59 Å². The van der Waals surface area contributed by atoms with Crippen LogP contribution in [0.1, 0.15) is 17.0 Å². The van der Waals surface area contributed by atoms with E-state index in [0.717, 1.165) is 27.5 Å². The normalized spacial score (nSPS) is 10.6. The second-order valence-corrected chi connectivity index (χ2v) is 7.39. The molecule has 6 nitrogen and oxygen atoms in total. The molecule has 0 saturated heterocycles.